The van der Waals surface area contributed by atoms with Crippen molar-refractivity contribution in [3.63, 3.8) is 0 Å². The minimum absolute atomic E-state index is 0.0372. The molecule has 4 N–H and O–H groups in total. The number of nitrogens with two attached hydrogens (primary N) is 1. The molecule has 1 aromatic rings. The molecule has 1 heterocycles. The zero-order valence-electron chi connectivity index (χ0n) is 10.7. The van der Waals surface area contributed by atoms with Crippen molar-refractivity contribution >= 4 is 11.5 Å². The number of nitrogen functional groups attached to an aromatic ring is 1. The number of pyridine rings is 1. The highest BCUT2D eigenvalue weighted by atomic mass is 16.3. The monoisotopic (exact) mass is 248 g/mol. The molecule has 0 amide bonds. The van der Waals surface area contributed by atoms with Gasteiger partial charge >= 0.3 is 0 Å². The average molecular weight is 248 g/mol. The highest BCUT2D eigenvalue weighted by Gasteiger charge is 2.32. The highest BCUT2D eigenvalue weighted by molar-refractivity contribution is 5.93. The van der Waals surface area contributed by atoms with E-state index in [-0.39, 0.29) is 5.84 Å². The second kappa shape index (κ2) is 4.94. The molecule has 18 heavy (non-hydrogen) atoms. The van der Waals surface area contributed by atoms with E-state index in [0.29, 0.717) is 12.2 Å². The Kier molecular flexibility index (Phi) is 3.52. The standard InChI is InChI=1S/C13H20N4O/c1-17(9-13(18)5-2-3-6-13)10-4-7-16-11(8-10)12(14)15/h4,7-8,18H,2-3,5-6,9H2,1H3,(H3,14,15). The van der Waals surface area contributed by atoms with Gasteiger partial charge in [-0.15, -0.1) is 0 Å². The first-order chi connectivity index (χ1) is 8.50. The normalized spacial score (nSPS) is 17.7. The second-order valence-corrected chi connectivity index (χ2v) is 5.10. The van der Waals surface area contributed by atoms with Crippen molar-refractivity contribution in [2.24, 2.45) is 5.73 Å². The number of likely N-dealkylation sites (N-methyl/N-ethyl adjacent to an activating group) is 1. The number of aromatic nitrogens is 1. The van der Waals surface area contributed by atoms with Gasteiger partial charge in [-0.25, -0.2) is 0 Å². The van der Waals surface area contributed by atoms with Gasteiger partial charge in [-0.2, -0.15) is 0 Å². The average Bonchev–Trinajstić information content (AvgIpc) is 2.76. The van der Waals surface area contributed by atoms with Crippen LogP contribution in [0.25, 0.3) is 0 Å². The maximum atomic E-state index is 10.4. The van der Waals surface area contributed by atoms with E-state index in [2.05, 4.69) is 4.98 Å². The number of hydrogen-bond donors (Lipinski definition) is 3. The van der Waals surface area contributed by atoms with Gasteiger partial charge in [0.25, 0.3) is 0 Å². The largest absolute Gasteiger partial charge is 0.388 e. The molecule has 5 nitrogen and oxygen atoms in total. The quantitative estimate of drug-likeness (QED) is 0.550. The van der Waals surface area contributed by atoms with E-state index in [1.807, 2.05) is 18.0 Å². The fraction of sp³-hybridized carbons (Fsp3) is 0.538. The van der Waals surface area contributed by atoms with Gasteiger partial charge < -0.3 is 15.7 Å². The Balaban J connectivity index is 2.10. The first kappa shape index (κ1) is 12.8. The molecule has 1 aromatic heterocycles. The lowest BCUT2D eigenvalue weighted by Crippen LogP contribution is -2.39. The van der Waals surface area contributed by atoms with Crippen molar-refractivity contribution in [3.05, 3.63) is 24.0 Å². The van der Waals surface area contributed by atoms with Crippen molar-refractivity contribution in [3.8, 4) is 0 Å². The molecule has 0 unspecified atom stereocenters. The summed E-state index contributed by atoms with van der Waals surface area (Å²) >= 11 is 0. The molecule has 0 aromatic carbocycles. The third-order valence-electron chi connectivity index (χ3n) is 3.53. The number of hydrogen-bond acceptors (Lipinski definition) is 4. The van der Waals surface area contributed by atoms with Crippen LogP contribution in [0.1, 0.15) is 31.4 Å². The molecule has 0 saturated heterocycles. The van der Waals surface area contributed by atoms with Crippen LogP contribution in [-0.2, 0) is 0 Å². The van der Waals surface area contributed by atoms with Gasteiger partial charge in [0.05, 0.1) is 5.60 Å². The smallest absolute Gasteiger partial charge is 0.141 e. The summed E-state index contributed by atoms with van der Waals surface area (Å²) < 4.78 is 0. The molecule has 1 aliphatic rings. The van der Waals surface area contributed by atoms with Crippen LogP contribution in [-0.4, -0.2) is 35.1 Å². The summed E-state index contributed by atoms with van der Waals surface area (Å²) in [4.78, 5) is 6.03. The molecule has 0 bridgehead atoms. The molecule has 1 aliphatic carbocycles. The van der Waals surface area contributed by atoms with E-state index in [1.165, 1.54) is 0 Å². The van der Waals surface area contributed by atoms with Crippen molar-refractivity contribution in [2.45, 2.75) is 31.3 Å². The summed E-state index contributed by atoms with van der Waals surface area (Å²) in [5.74, 6) is -0.0372. The van der Waals surface area contributed by atoms with Crippen LogP contribution in [0.4, 0.5) is 5.69 Å². The van der Waals surface area contributed by atoms with Crippen molar-refractivity contribution < 1.29 is 5.11 Å². The maximum Gasteiger partial charge on any atom is 0.141 e. The minimum Gasteiger partial charge on any atom is -0.388 e. The predicted molar refractivity (Wildman–Crippen MR) is 71.9 cm³/mol. The topological polar surface area (TPSA) is 86.2 Å². The molecule has 1 saturated carbocycles. The van der Waals surface area contributed by atoms with Gasteiger partial charge in [0, 0.05) is 25.5 Å². The van der Waals surface area contributed by atoms with Crippen molar-refractivity contribution in [1.82, 2.24) is 4.98 Å². The number of amidine groups is 1. The lowest BCUT2D eigenvalue weighted by molar-refractivity contribution is 0.0559. The van der Waals surface area contributed by atoms with Crippen LogP contribution in [0.5, 0.6) is 0 Å². The van der Waals surface area contributed by atoms with E-state index in [0.717, 1.165) is 31.4 Å². The second-order valence-electron chi connectivity index (χ2n) is 5.10. The number of nitrogens with zero attached hydrogens (tertiary/aromatic N) is 2. The summed E-state index contributed by atoms with van der Waals surface area (Å²) in [5.41, 5.74) is 6.25. The Morgan fingerprint density at radius 2 is 2.22 bits per heavy atom. The molecule has 98 valence electrons. The molecular formula is C13H20N4O. The van der Waals surface area contributed by atoms with Gasteiger partial charge in [-0.3, -0.25) is 10.4 Å². The Labute approximate surface area is 107 Å². The third-order valence-corrected chi connectivity index (χ3v) is 3.53. The maximum absolute atomic E-state index is 10.4. The number of nitrogens with one attached hydrogen (secondary N) is 1. The Hall–Kier alpha value is -1.62. The summed E-state index contributed by atoms with van der Waals surface area (Å²) in [6.07, 6.45) is 5.56. The van der Waals surface area contributed by atoms with Gasteiger partial charge in [0.2, 0.25) is 0 Å². The fourth-order valence-corrected chi connectivity index (χ4v) is 2.53. The van der Waals surface area contributed by atoms with Gasteiger partial charge in [0.15, 0.2) is 0 Å². The zero-order chi connectivity index (χ0) is 13.2. The van der Waals surface area contributed by atoms with Crippen LogP contribution in [0.3, 0.4) is 0 Å². The summed E-state index contributed by atoms with van der Waals surface area (Å²) in [6.45, 7) is 0.606. The van der Waals surface area contributed by atoms with Crippen molar-refractivity contribution in [2.75, 3.05) is 18.5 Å². The SMILES string of the molecule is CN(CC1(O)CCCC1)c1ccnc(C(=N)N)c1. The summed E-state index contributed by atoms with van der Waals surface area (Å²) in [6, 6.07) is 3.64. The van der Waals surface area contributed by atoms with E-state index in [9.17, 15) is 5.11 Å². The summed E-state index contributed by atoms with van der Waals surface area (Å²) in [5, 5.41) is 17.8. The lowest BCUT2D eigenvalue weighted by atomic mass is 10.0. The van der Waals surface area contributed by atoms with Crippen LogP contribution >= 0.6 is 0 Å². The van der Waals surface area contributed by atoms with Gasteiger partial charge in [-0.05, 0) is 25.0 Å². The zero-order valence-corrected chi connectivity index (χ0v) is 10.7. The Morgan fingerprint density at radius 1 is 1.56 bits per heavy atom. The molecule has 2 rings (SSSR count). The third kappa shape index (κ3) is 2.79. The first-order valence-electron chi connectivity index (χ1n) is 6.24. The first-order valence-corrected chi connectivity index (χ1v) is 6.24. The Morgan fingerprint density at radius 3 is 2.83 bits per heavy atom. The molecular weight excluding hydrogens is 228 g/mol. The molecule has 0 atom stereocenters. The number of rotatable bonds is 4. The Bertz CT molecular complexity index is 440. The predicted octanol–water partition coefficient (Wildman–Crippen LogP) is 1.11. The van der Waals surface area contributed by atoms with E-state index < -0.39 is 5.60 Å². The van der Waals surface area contributed by atoms with E-state index in [1.54, 1.807) is 12.3 Å². The van der Waals surface area contributed by atoms with Crippen LogP contribution in [0.15, 0.2) is 18.3 Å². The molecule has 1 fully saturated rings. The number of anilines is 1. The van der Waals surface area contributed by atoms with E-state index in [4.69, 9.17) is 11.1 Å². The van der Waals surface area contributed by atoms with Crippen LogP contribution < -0.4 is 10.6 Å². The van der Waals surface area contributed by atoms with E-state index >= 15 is 0 Å². The van der Waals surface area contributed by atoms with Crippen molar-refractivity contribution in [1.29, 1.82) is 5.41 Å². The molecule has 0 aliphatic heterocycles. The highest BCUT2D eigenvalue weighted by Crippen LogP contribution is 2.31. The summed E-state index contributed by atoms with van der Waals surface area (Å²) in [7, 11) is 1.94. The van der Waals surface area contributed by atoms with Crippen LogP contribution in [0.2, 0.25) is 0 Å². The lowest BCUT2D eigenvalue weighted by Gasteiger charge is -2.30. The van der Waals surface area contributed by atoms with Gasteiger partial charge in [0.1, 0.15) is 11.5 Å². The molecule has 5 heteroatoms. The minimum atomic E-state index is -0.575. The fourth-order valence-electron chi connectivity index (χ4n) is 2.53. The van der Waals surface area contributed by atoms with Crippen LogP contribution in [0, 0.1) is 5.41 Å². The molecule has 0 spiro atoms. The number of aliphatic hydroxyl groups is 1. The molecule has 0 radical (unpaired) electrons. The van der Waals surface area contributed by atoms with Gasteiger partial charge in [-0.1, -0.05) is 12.8 Å².